The molecule has 6 atom stereocenters. The lowest BCUT2D eigenvalue weighted by atomic mass is 9.89. The second-order valence-corrected chi connectivity index (χ2v) is 29.3. The van der Waals surface area contributed by atoms with E-state index in [-0.39, 0.29) is 54.0 Å². The molecule has 2 fully saturated rings. The number of likely N-dealkylation sites (tertiary alicyclic amines) is 1. The molecule has 57 heavy (non-hydrogen) atoms. The number of nitrogens with zero attached hydrogens (tertiary/aromatic N) is 3. The molecule has 3 aliphatic rings. The molecule has 2 saturated heterocycles. The molecule has 4 heterocycles. The lowest BCUT2D eigenvalue weighted by molar-refractivity contribution is -0.143. The summed E-state index contributed by atoms with van der Waals surface area (Å²) in [6, 6.07) is -2.12. The molecular weight excluding hydrogens is 797 g/mol. The van der Waals surface area contributed by atoms with E-state index in [2.05, 4.69) is 26.1 Å². The Kier molecular flexibility index (Phi) is 13.4. The van der Waals surface area contributed by atoms with Crippen LogP contribution in [0.25, 0.3) is 0 Å². The molecule has 0 radical (unpaired) electrons. The van der Waals surface area contributed by atoms with Crippen molar-refractivity contribution in [3.63, 3.8) is 0 Å². The average molecular weight is 859 g/mol. The number of aliphatic carboxylic acids is 1. The van der Waals surface area contributed by atoms with Gasteiger partial charge in [-0.15, -0.1) is 0 Å². The molecule has 0 saturated carbocycles. The predicted octanol–water partition coefficient (Wildman–Crippen LogP) is 1.83. The lowest BCUT2D eigenvalue weighted by Crippen LogP contribution is -2.59. The summed E-state index contributed by atoms with van der Waals surface area (Å²) in [5.41, 5.74) is 9.15. The van der Waals surface area contributed by atoms with Crippen LogP contribution >= 0.6 is 0 Å². The van der Waals surface area contributed by atoms with Gasteiger partial charge in [-0.2, -0.15) is 8.42 Å². The third-order valence-electron chi connectivity index (χ3n) is 12.1. The zero-order valence-corrected chi connectivity index (χ0v) is 37.9. The van der Waals surface area contributed by atoms with Crippen molar-refractivity contribution in [2.75, 3.05) is 19.7 Å². The Morgan fingerprint density at radius 3 is 2.25 bits per heavy atom. The highest BCUT2D eigenvalue weighted by atomic mass is 32.2. The highest BCUT2D eigenvalue weighted by Crippen LogP contribution is 2.52. The minimum Gasteiger partial charge on any atom is -0.481 e. The second kappa shape index (κ2) is 16.5. The fourth-order valence-corrected chi connectivity index (χ4v) is 10.2. The first-order chi connectivity index (χ1) is 26.0. The summed E-state index contributed by atoms with van der Waals surface area (Å²) in [6.45, 7) is 21.8. The fourth-order valence-electron chi connectivity index (χ4n) is 6.71. The smallest absolute Gasteiger partial charge is 0.333 e. The molecule has 1 aromatic rings. The number of carboxylic acid groups (broad SMARTS) is 1. The normalized spacial score (nSPS) is 25.8. The number of rotatable bonds is 14. The maximum Gasteiger partial charge on any atom is 0.333 e. The van der Waals surface area contributed by atoms with E-state index in [9.17, 15) is 32.4 Å². The Bertz CT molecular complexity index is 1990. The molecule has 0 bridgehead atoms. The number of hydrogen-bond acceptors (Lipinski definition) is 13. The van der Waals surface area contributed by atoms with Crippen molar-refractivity contribution in [2.24, 2.45) is 11.5 Å². The second-order valence-electron chi connectivity index (χ2n) is 18.3. The largest absolute Gasteiger partial charge is 0.481 e. The minimum atomic E-state index is -4.32. The Morgan fingerprint density at radius 2 is 1.70 bits per heavy atom. The summed E-state index contributed by atoms with van der Waals surface area (Å²) in [6.07, 6.45) is -1.91. The number of carbonyl (C=O) groups is 3. The molecule has 0 aliphatic carbocycles. The Labute approximate surface area is 336 Å². The van der Waals surface area contributed by atoms with E-state index < -0.39 is 98.3 Å². The van der Waals surface area contributed by atoms with Crippen LogP contribution in [0, 0.1) is 6.92 Å². The number of aromatic nitrogens is 2. The van der Waals surface area contributed by atoms with Crippen LogP contribution in [-0.4, -0.2) is 112 Å². The van der Waals surface area contributed by atoms with E-state index in [4.69, 9.17) is 34.3 Å². The van der Waals surface area contributed by atoms with Crippen LogP contribution in [0.3, 0.4) is 0 Å². The van der Waals surface area contributed by atoms with Gasteiger partial charge in [0, 0.05) is 31.4 Å². The average Bonchev–Trinajstić information content (AvgIpc) is 3.73. The number of amides is 2. The molecule has 2 amide bonds. The van der Waals surface area contributed by atoms with Crippen molar-refractivity contribution in [1.29, 1.82) is 0 Å². The highest BCUT2D eigenvalue weighted by molar-refractivity contribution is 7.90. The van der Waals surface area contributed by atoms with Gasteiger partial charge in [0.15, 0.2) is 28.5 Å². The van der Waals surface area contributed by atoms with Crippen LogP contribution in [0.5, 0.6) is 0 Å². The van der Waals surface area contributed by atoms with Crippen LogP contribution in [0.4, 0.5) is 0 Å². The van der Waals surface area contributed by atoms with Gasteiger partial charge in [0.25, 0.3) is 15.7 Å². The molecule has 18 nitrogen and oxygen atoms in total. The van der Waals surface area contributed by atoms with E-state index in [1.54, 1.807) is 0 Å². The summed E-state index contributed by atoms with van der Waals surface area (Å²) < 4.78 is 54.6. The fraction of sp³-hybridized carbons (Fsp3) is 0.750. The van der Waals surface area contributed by atoms with Crippen molar-refractivity contribution in [2.45, 2.75) is 153 Å². The molecule has 1 spiro atoms. The Balaban J connectivity index is 1.68. The molecule has 21 heteroatoms. The molecule has 0 aromatic carbocycles. The third-order valence-corrected chi connectivity index (χ3v) is 22.1. The molecule has 6 N–H and O–H groups in total. The van der Waals surface area contributed by atoms with Crippen LogP contribution in [0.1, 0.15) is 79.0 Å². The van der Waals surface area contributed by atoms with E-state index in [0.29, 0.717) is 12.8 Å². The number of carbonyl (C=O) groups excluding carboxylic acids is 2. The zero-order valence-electron chi connectivity index (χ0n) is 35.0. The van der Waals surface area contributed by atoms with Crippen LogP contribution < -0.4 is 28.0 Å². The SMILES string of the molecule is Cc1cn([C@@H]2O[C@H](CO[Si](C)(C)C(C)(C)C)[C@@]3(OS(=O)(=O)C=C3N)[C@H]2O[Si](C)(C)C(C)(C)C)c(=O)n(CCCNC(=O)[C@@H]2CCCN2C(=O)[C@@H](N)CC(=O)O)c1=O. The van der Waals surface area contributed by atoms with Crippen molar-refractivity contribution in [1.82, 2.24) is 19.4 Å². The summed E-state index contributed by atoms with van der Waals surface area (Å²) in [4.78, 5) is 66.2. The quantitative estimate of drug-likeness (QED) is 0.118. The number of ether oxygens (including phenoxy) is 1. The van der Waals surface area contributed by atoms with Crippen molar-refractivity contribution >= 4 is 44.5 Å². The number of aryl methyl sites for hydroxylation is 1. The molecule has 4 rings (SSSR count). The standard InChI is InChI=1S/C36H62N6O12SSi2/c1-22-19-42(33(48)41(30(22)46)17-13-15-39-29(45)24-14-12-16-40(24)31(47)23(37)18-27(43)44)32-28(53-57(10,11)35(5,6)7)36(25(38)21-55(49,50)54-36)26(52-32)20-51-56(8,9)34(2,3)4/h19,21,23-24,26,28,32H,12-18,20,37-38H2,1-11H3,(H,39,45)(H,43,44)/t23-,24-,26+,28-,32+,36+/m0/s1. The van der Waals surface area contributed by atoms with Gasteiger partial charge < -0.3 is 40.4 Å². The van der Waals surface area contributed by atoms with Gasteiger partial charge in [0.1, 0.15) is 18.2 Å². The number of nitrogens with one attached hydrogen (secondary N) is 1. The number of hydrogen-bond donors (Lipinski definition) is 4. The first-order valence-corrected chi connectivity index (χ1v) is 26.5. The van der Waals surface area contributed by atoms with Crippen LogP contribution in [0.2, 0.25) is 36.3 Å². The molecule has 1 aromatic heterocycles. The summed E-state index contributed by atoms with van der Waals surface area (Å²) in [5, 5.41) is 12.0. The van der Waals surface area contributed by atoms with Gasteiger partial charge in [0.2, 0.25) is 11.8 Å². The number of carboxylic acids is 1. The van der Waals surface area contributed by atoms with Gasteiger partial charge in [-0.25, -0.2) is 8.98 Å². The number of nitrogens with two attached hydrogens (primary N) is 2. The highest BCUT2D eigenvalue weighted by Gasteiger charge is 2.67. The van der Waals surface area contributed by atoms with E-state index in [1.807, 2.05) is 47.0 Å². The zero-order chi connectivity index (χ0) is 43.3. The van der Waals surface area contributed by atoms with Crippen molar-refractivity contribution in [3.8, 4) is 0 Å². The maximum absolute atomic E-state index is 14.4. The van der Waals surface area contributed by atoms with Gasteiger partial charge in [-0.1, -0.05) is 41.5 Å². The van der Waals surface area contributed by atoms with Gasteiger partial charge >= 0.3 is 11.7 Å². The Morgan fingerprint density at radius 1 is 1.09 bits per heavy atom. The summed E-state index contributed by atoms with van der Waals surface area (Å²) >= 11 is 0. The van der Waals surface area contributed by atoms with E-state index in [0.717, 1.165) is 9.98 Å². The van der Waals surface area contributed by atoms with E-state index >= 15 is 0 Å². The van der Waals surface area contributed by atoms with Crippen LogP contribution in [0.15, 0.2) is 26.9 Å². The molecule has 0 unspecified atom stereocenters. The summed E-state index contributed by atoms with van der Waals surface area (Å²) in [5.74, 6) is -2.31. The summed E-state index contributed by atoms with van der Waals surface area (Å²) in [7, 11) is -9.59. The molecule has 3 aliphatic heterocycles. The van der Waals surface area contributed by atoms with Gasteiger partial charge in [-0.05, 0) is 62.5 Å². The Hall–Kier alpha value is -3.19. The van der Waals surface area contributed by atoms with Gasteiger partial charge in [-0.3, -0.25) is 28.3 Å². The lowest BCUT2D eigenvalue weighted by Gasteiger charge is -2.43. The topological polar surface area (TPSA) is 254 Å². The minimum absolute atomic E-state index is 0.0401. The third kappa shape index (κ3) is 9.50. The van der Waals surface area contributed by atoms with E-state index in [1.165, 1.54) is 22.6 Å². The predicted molar refractivity (Wildman–Crippen MR) is 216 cm³/mol. The van der Waals surface area contributed by atoms with Crippen molar-refractivity contribution < 1.29 is 45.7 Å². The molecular formula is C36H62N6O12SSi2. The van der Waals surface area contributed by atoms with Crippen LogP contribution in [-0.2, 0) is 48.8 Å². The van der Waals surface area contributed by atoms with Crippen molar-refractivity contribution in [3.05, 3.63) is 43.7 Å². The van der Waals surface area contributed by atoms with Gasteiger partial charge in [0.05, 0.1) is 30.2 Å². The maximum atomic E-state index is 14.4. The first-order valence-electron chi connectivity index (χ1n) is 19.3. The molecule has 322 valence electrons. The monoisotopic (exact) mass is 858 g/mol. The first kappa shape index (κ1) is 46.5.